The van der Waals surface area contributed by atoms with Crippen LogP contribution in [0.3, 0.4) is 0 Å². The van der Waals surface area contributed by atoms with Gasteiger partial charge in [0.25, 0.3) is 0 Å². The number of thioether (sulfide) groups is 2. The summed E-state index contributed by atoms with van der Waals surface area (Å²) < 4.78 is 33.5. The maximum Gasteiger partial charge on any atom is 0.356 e. The lowest BCUT2D eigenvalue weighted by atomic mass is 9.84. The average molecular weight is 656 g/mol. The molecule has 0 atom stereocenters. The lowest BCUT2D eigenvalue weighted by Crippen LogP contribution is -2.30. The molecule has 0 saturated heterocycles. The van der Waals surface area contributed by atoms with Crippen molar-refractivity contribution in [2.75, 3.05) is 43.4 Å². The molecule has 11 nitrogen and oxygen atoms in total. The van der Waals surface area contributed by atoms with Gasteiger partial charge in [-0.05, 0) is 26.7 Å². The van der Waals surface area contributed by atoms with Gasteiger partial charge in [-0.2, -0.15) is 0 Å². The van der Waals surface area contributed by atoms with Gasteiger partial charge >= 0.3 is 7.60 Å². The van der Waals surface area contributed by atoms with E-state index in [1.807, 2.05) is 46.1 Å². The first-order chi connectivity index (χ1) is 19.9. The Morgan fingerprint density at radius 1 is 0.953 bits per heavy atom. The van der Waals surface area contributed by atoms with E-state index >= 15 is 0 Å². The molecule has 0 bridgehead atoms. The first kappa shape index (κ1) is 35.7. The molecule has 2 N–H and O–H groups in total. The first-order valence-corrected chi connectivity index (χ1v) is 18.0. The zero-order chi connectivity index (χ0) is 32.1. The zero-order valence-electron chi connectivity index (χ0n) is 26.6. The summed E-state index contributed by atoms with van der Waals surface area (Å²) in [5.74, 6) is 1.00. The third-order valence-electron chi connectivity index (χ3n) is 7.04. The van der Waals surface area contributed by atoms with Gasteiger partial charge in [-0.25, -0.2) is 15.0 Å². The molecule has 0 fully saturated rings. The minimum absolute atomic E-state index is 0.0284. The highest BCUT2D eigenvalue weighted by molar-refractivity contribution is 8.14. The van der Waals surface area contributed by atoms with Gasteiger partial charge < -0.3 is 24.1 Å². The molecule has 43 heavy (non-hydrogen) atoms. The Hall–Kier alpha value is -1.76. The van der Waals surface area contributed by atoms with Gasteiger partial charge in [-0.15, -0.1) is 0 Å². The molecule has 0 aromatic carbocycles. The Bertz CT molecular complexity index is 1330. The third-order valence-corrected chi connectivity index (χ3v) is 11.2. The summed E-state index contributed by atoms with van der Waals surface area (Å²) in [7, 11) is -3.70. The summed E-state index contributed by atoms with van der Waals surface area (Å²) >= 11 is 2.29. The van der Waals surface area contributed by atoms with E-state index in [1.165, 1.54) is 17.5 Å². The van der Waals surface area contributed by atoms with Crippen LogP contribution in [0.4, 0.5) is 5.82 Å². The smallest absolute Gasteiger partial charge is 0.356 e. The molecule has 14 heteroatoms. The highest BCUT2D eigenvalue weighted by Crippen LogP contribution is 2.50. The monoisotopic (exact) mass is 655 g/mol. The van der Waals surface area contributed by atoms with Crippen molar-refractivity contribution in [1.29, 1.82) is 0 Å². The normalized spacial score (nSPS) is 15.9. The summed E-state index contributed by atoms with van der Waals surface area (Å²) in [6.07, 6.45) is 4.48. The lowest BCUT2D eigenvalue weighted by molar-refractivity contribution is -0.118. The highest BCUT2D eigenvalue weighted by Gasteiger charge is 2.39. The highest BCUT2D eigenvalue weighted by atomic mass is 32.2. The second-order valence-electron chi connectivity index (χ2n) is 13.2. The SMILES string of the molecule is CC1=C(C)CC(COCP(=O)(OCCSC(=O)C(C)(C)C)OCCSC(=O)C(C)(C)C)(Cn2cnc3c(N)ncnc32)C1. The third kappa shape index (κ3) is 10.1. The van der Waals surface area contributed by atoms with E-state index in [9.17, 15) is 14.2 Å². The number of aromatic nitrogens is 4. The van der Waals surface area contributed by atoms with Crippen LogP contribution in [-0.4, -0.2) is 67.4 Å². The first-order valence-electron chi connectivity index (χ1n) is 14.3. The molecule has 1 aliphatic rings. The van der Waals surface area contributed by atoms with Crippen LogP contribution in [0.15, 0.2) is 23.8 Å². The van der Waals surface area contributed by atoms with E-state index in [2.05, 4.69) is 28.8 Å². The molecular formula is C29H46N5O6PS2. The molecule has 3 rings (SSSR count). The number of fused-ring (bicyclic) bond motifs is 1. The molecule has 240 valence electrons. The fourth-order valence-corrected chi connectivity index (χ4v) is 7.76. The Morgan fingerprint density at radius 2 is 1.49 bits per heavy atom. The Morgan fingerprint density at radius 3 is 2.00 bits per heavy atom. The number of nitrogens with two attached hydrogens (primary N) is 1. The van der Waals surface area contributed by atoms with Gasteiger partial charge in [0.05, 0.1) is 26.1 Å². The van der Waals surface area contributed by atoms with E-state index in [4.69, 9.17) is 19.5 Å². The van der Waals surface area contributed by atoms with Gasteiger partial charge in [0, 0.05) is 34.3 Å². The number of hydrogen-bond donors (Lipinski definition) is 1. The van der Waals surface area contributed by atoms with Crippen molar-refractivity contribution in [2.45, 2.75) is 74.8 Å². The number of rotatable bonds is 14. The van der Waals surface area contributed by atoms with Crippen molar-refractivity contribution >= 4 is 58.3 Å². The number of anilines is 1. The number of carbonyl (C=O) groups is 2. The van der Waals surface area contributed by atoms with E-state index in [-0.39, 0.29) is 35.2 Å². The van der Waals surface area contributed by atoms with Crippen molar-refractivity contribution in [3.8, 4) is 0 Å². The largest absolute Gasteiger partial charge is 0.382 e. The predicted octanol–water partition coefficient (Wildman–Crippen LogP) is 6.34. The molecular weight excluding hydrogens is 609 g/mol. The van der Waals surface area contributed by atoms with E-state index < -0.39 is 18.4 Å². The molecule has 0 unspecified atom stereocenters. The Balaban J connectivity index is 1.68. The molecule has 2 aromatic rings. The number of allylic oxidation sites excluding steroid dienone is 2. The van der Waals surface area contributed by atoms with Crippen LogP contribution in [0.5, 0.6) is 0 Å². The molecule has 0 radical (unpaired) electrons. The standard InChI is InChI=1S/C29H46N5O6PS2/c1-20-13-29(14-21(20)2,15-34-18-33-22-23(30)31-17-32-24(22)34)16-38-19-41(37,39-9-11-42-25(35)27(3,4)5)40-10-12-43-26(36)28(6,7)8/h17-18H,9-16,19H2,1-8H3,(H2,30,31,32). The summed E-state index contributed by atoms with van der Waals surface area (Å²) in [6, 6.07) is 0. The van der Waals surface area contributed by atoms with E-state index in [1.54, 1.807) is 6.33 Å². The molecule has 2 heterocycles. The molecule has 1 aliphatic carbocycles. The van der Waals surface area contributed by atoms with Crippen molar-refractivity contribution in [2.24, 2.45) is 16.2 Å². The zero-order valence-corrected chi connectivity index (χ0v) is 29.1. The van der Waals surface area contributed by atoms with Gasteiger partial charge in [-0.3, -0.25) is 14.2 Å². The maximum absolute atomic E-state index is 13.8. The van der Waals surface area contributed by atoms with Crippen LogP contribution in [0.1, 0.15) is 68.2 Å². The summed E-state index contributed by atoms with van der Waals surface area (Å²) in [5, 5.41) is 0.0568. The fraction of sp³-hybridized carbons (Fsp3) is 0.690. The number of nitrogens with zero attached hydrogens (tertiary/aromatic N) is 4. The van der Waals surface area contributed by atoms with Crippen molar-refractivity contribution < 1.29 is 27.9 Å². The number of carbonyl (C=O) groups excluding carboxylic acids is 2. The fourth-order valence-electron chi connectivity index (χ4n) is 4.66. The van der Waals surface area contributed by atoms with Crippen molar-refractivity contribution in [3.63, 3.8) is 0 Å². The van der Waals surface area contributed by atoms with Crippen LogP contribution < -0.4 is 5.73 Å². The van der Waals surface area contributed by atoms with E-state index in [0.29, 0.717) is 41.6 Å². The van der Waals surface area contributed by atoms with Gasteiger partial charge in [0.1, 0.15) is 18.2 Å². The molecule has 0 aliphatic heterocycles. The van der Waals surface area contributed by atoms with Crippen LogP contribution in [0.2, 0.25) is 0 Å². The quantitative estimate of drug-likeness (QED) is 0.138. The topological polar surface area (TPSA) is 149 Å². The van der Waals surface area contributed by atoms with Gasteiger partial charge in [0.15, 0.2) is 21.7 Å². The number of hydrogen-bond acceptors (Lipinski definition) is 12. The number of ether oxygens (including phenoxy) is 1. The Labute approximate surface area is 263 Å². The summed E-state index contributed by atoms with van der Waals surface area (Å²) in [4.78, 5) is 37.4. The van der Waals surface area contributed by atoms with Gasteiger partial charge in [0.2, 0.25) is 0 Å². The number of imidazole rings is 1. The Kier molecular flexibility index (Phi) is 12.1. The molecule has 0 saturated carbocycles. The molecule has 2 aromatic heterocycles. The van der Waals surface area contributed by atoms with Crippen LogP contribution in [0, 0.1) is 16.2 Å². The second kappa shape index (κ2) is 14.6. The summed E-state index contributed by atoms with van der Waals surface area (Å²) in [5.41, 5.74) is 8.49. The maximum atomic E-state index is 13.8. The predicted molar refractivity (Wildman–Crippen MR) is 174 cm³/mol. The second-order valence-corrected chi connectivity index (χ2v) is 17.4. The van der Waals surface area contributed by atoms with E-state index in [0.717, 1.165) is 36.4 Å². The van der Waals surface area contributed by atoms with Crippen LogP contribution >= 0.6 is 31.1 Å². The van der Waals surface area contributed by atoms with Crippen LogP contribution in [-0.2, 0) is 34.5 Å². The minimum atomic E-state index is -3.70. The minimum Gasteiger partial charge on any atom is -0.382 e. The molecule has 0 spiro atoms. The average Bonchev–Trinajstić information content (AvgIpc) is 3.43. The van der Waals surface area contributed by atoms with Crippen LogP contribution in [0.25, 0.3) is 11.2 Å². The lowest BCUT2D eigenvalue weighted by Gasteiger charge is -2.31. The molecule has 0 amide bonds. The number of nitrogen functional groups attached to an aromatic ring is 1. The van der Waals surface area contributed by atoms with Crippen molar-refractivity contribution in [3.05, 3.63) is 23.8 Å². The summed E-state index contributed by atoms with van der Waals surface area (Å²) in [6.45, 7) is 16.4. The van der Waals surface area contributed by atoms with Gasteiger partial charge in [-0.1, -0.05) is 76.2 Å². The van der Waals surface area contributed by atoms with Crippen molar-refractivity contribution in [1.82, 2.24) is 19.5 Å².